The van der Waals surface area contributed by atoms with Crippen molar-refractivity contribution in [1.82, 2.24) is 10.5 Å². The van der Waals surface area contributed by atoms with Crippen LogP contribution in [0.3, 0.4) is 0 Å². The fraction of sp³-hybridized carbons (Fsp3) is 0.500. The number of rotatable bonds is 6. The maximum atomic E-state index is 11.3. The number of nitrogens with zero attached hydrogens (tertiary/aromatic N) is 1. The number of aryl methyl sites for hydroxylation is 1. The Bertz CT molecular complexity index is 401. The molecule has 1 amide bonds. The fourth-order valence-electron chi connectivity index (χ4n) is 1.13. The van der Waals surface area contributed by atoms with Crippen LogP contribution >= 0.6 is 0 Å². The monoisotopic (exact) mass is 242 g/mol. The quantitative estimate of drug-likeness (QED) is 0.745. The van der Waals surface area contributed by atoms with Gasteiger partial charge in [0, 0.05) is 6.07 Å². The van der Waals surface area contributed by atoms with Gasteiger partial charge in [-0.1, -0.05) is 6.92 Å². The molecule has 17 heavy (non-hydrogen) atoms. The molecule has 0 saturated carbocycles. The van der Waals surface area contributed by atoms with Crippen LogP contribution in [0, 0.1) is 6.92 Å². The number of hydrogen-bond acceptors (Lipinski definition) is 5. The maximum absolute atomic E-state index is 11.3. The molecule has 0 spiro atoms. The molecule has 0 unspecified atom stereocenters. The predicted octanol–water partition coefficient (Wildman–Crippen LogP) is 0.341. The van der Waals surface area contributed by atoms with E-state index < -0.39 is 17.9 Å². The van der Waals surface area contributed by atoms with Gasteiger partial charge >= 0.3 is 5.97 Å². The van der Waals surface area contributed by atoms with E-state index in [0.29, 0.717) is 12.2 Å². The van der Waals surface area contributed by atoms with Crippen LogP contribution < -0.4 is 10.1 Å². The zero-order chi connectivity index (χ0) is 12.8. The molecule has 0 bridgehead atoms. The number of carbonyl (C=O) groups is 2. The molecule has 7 nitrogen and oxygen atoms in total. The van der Waals surface area contributed by atoms with E-state index in [9.17, 15) is 9.59 Å². The molecule has 1 aromatic heterocycles. The second-order valence-corrected chi connectivity index (χ2v) is 3.43. The summed E-state index contributed by atoms with van der Waals surface area (Å²) >= 11 is 0. The van der Waals surface area contributed by atoms with Crippen molar-refractivity contribution >= 4 is 11.9 Å². The zero-order valence-corrected chi connectivity index (χ0v) is 9.60. The third-order valence-corrected chi connectivity index (χ3v) is 2.00. The molecule has 1 aromatic rings. The Labute approximate surface area is 97.7 Å². The average Bonchev–Trinajstić information content (AvgIpc) is 2.68. The lowest BCUT2D eigenvalue weighted by Crippen LogP contribution is -2.42. The molecule has 0 radical (unpaired) electrons. The van der Waals surface area contributed by atoms with Crippen LogP contribution in [0.1, 0.15) is 19.1 Å². The molecule has 0 aliphatic rings. The Balaban J connectivity index is 2.37. The lowest BCUT2D eigenvalue weighted by Gasteiger charge is -2.11. The third kappa shape index (κ3) is 4.13. The minimum Gasteiger partial charge on any atom is -0.480 e. The van der Waals surface area contributed by atoms with Crippen molar-refractivity contribution in [2.75, 3.05) is 6.61 Å². The van der Waals surface area contributed by atoms with Crippen molar-refractivity contribution in [3.05, 3.63) is 11.8 Å². The highest BCUT2D eigenvalue weighted by Gasteiger charge is 2.17. The van der Waals surface area contributed by atoms with Crippen LogP contribution in [0.2, 0.25) is 0 Å². The fourth-order valence-corrected chi connectivity index (χ4v) is 1.13. The van der Waals surface area contributed by atoms with Gasteiger partial charge in [-0.25, -0.2) is 4.79 Å². The molecule has 0 fully saturated rings. The summed E-state index contributed by atoms with van der Waals surface area (Å²) in [5.41, 5.74) is 0. The molecule has 0 aliphatic heterocycles. The first-order valence-electron chi connectivity index (χ1n) is 5.11. The van der Waals surface area contributed by atoms with Crippen molar-refractivity contribution < 1.29 is 24.0 Å². The number of hydrogen-bond donors (Lipinski definition) is 2. The van der Waals surface area contributed by atoms with Gasteiger partial charge in [0.15, 0.2) is 6.61 Å². The number of nitrogens with one attached hydrogen (secondary N) is 1. The standard InChI is InChI=1S/C10H14N2O5/c1-3-7(10(14)15)11-8(13)5-16-9-4-6(2)17-12-9/h4,7H,3,5H2,1-2H3,(H,11,13)(H,14,15)/t7-/m0/s1. The molecular formula is C10H14N2O5. The van der Waals surface area contributed by atoms with Gasteiger partial charge in [0.1, 0.15) is 11.8 Å². The summed E-state index contributed by atoms with van der Waals surface area (Å²) in [5.74, 6) is -0.823. The Kier molecular flexibility index (Phi) is 4.50. The maximum Gasteiger partial charge on any atom is 0.326 e. The van der Waals surface area contributed by atoms with Crippen LogP contribution in [-0.2, 0) is 9.59 Å². The van der Waals surface area contributed by atoms with Crippen LogP contribution in [0.15, 0.2) is 10.6 Å². The van der Waals surface area contributed by atoms with Crippen molar-refractivity contribution in [2.24, 2.45) is 0 Å². The smallest absolute Gasteiger partial charge is 0.326 e. The van der Waals surface area contributed by atoms with E-state index in [-0.39, 0.29) is 12.5 Å². The first-order chi connectivity index (χ1) is 8.02. The molecule has 1 rings (SSSR count). The molecule has 7 heteroatoms. The molecule has 0 saturated heterocycles. The van der Waals surface area contributed by atoms with Gasteiger partial charge in [0.25, 0.3) is 11.8 Å². The molecule has 1 atom stereocenters. The second-order valence-electron chi connectivity index (χ2n) is 3.43. The zero-order valence-electron chi connectivity index (χ0n) is 9.60. The SMILES string of the molecule is CC[C@H](NC(=O)COc1cc(C)on1)C(=O)O. The van der Waals surface area contributed by atoms with Gasteiger partial charge in [-0.05, 0) is 18.5 Å². The Hall–Kier alpha value is -2.05. The lowest BCUT2D eigenvalue weighted by atomic mass is 10.2. The van der Waals surface area contributed by atoms with E-state index in [0.717, 1.165) is 0 Å². The molecule has 94 valence electrons. The van der Waals surface area contributed by atoms with E-state index in [4.69, 9.17) is 14.4 Å². The van der Waals surface area contributed by atoms with Gasteiger partial charge in [0.2, 0.25) is 0 Å². The molecule has 1 heterocycles. The molecular weight excluding hydrogens is 228 g/mol. The summed E-state index contributed by atoms with van der Waals surface area (Å²) in [6.07, 6.45) is 0.310. The van der Waals surface area contributed by atoms with Crippen molar-refractivity contribution in [1.29, 1.82) is 0 Å². The van der Waals surface area contributed by atoms with Gasteiger partial charge in [-0.2, -0.15) is 0 Å². The van der Waals surface area contributed by atoms with E-state index in [1.165, 1.54) is 6.07 Å². The number of ether oxygens (including phenoxy) is 1. The molecule has 0 aromatic carbocycles. The minimum absolute atomic E-state index is 0.195. The summed E-state index contributed by atoms with van der Waals surface area (Å²) in [6.45, 7) is 3.06. The van der Waals surface area contributed by atoms with Gasteiger partial charge in [0.05, 0.1) is 0 Å². The highest BCUT2D eigenvalue weighted by atomic mass is 16.5. The van der Waals surface area contributed by atoms with Gasteiger partial charge < -0.3 is 19.7 Å². The number of carboxylic acids is 1. The normalized spacial score (nSPS) is 11.9. The minimum atomic E-state index is -1.07. The van der Waals surface area contributed by atoms with Crippen LogP contribution in [0.25, 0.3) is 0 Å². The Morgan fingerprint density at radius 2 is 2.35 bits per heavy atom. The first kappa shape index (κ1) is 13.0. The number of carboxylic acid groups (broad SMARTS) is 1. The topological polar surface area (TPSA) is 102 Å². The summed E-state index contributed by atoms with van der Waals surface area (Å²) in [4.78, 5) is 22.0. The Morgan fingerprint density at radius 1 is 1.65 bits per heavy atom. The highest BCUT2D eigenvalue weighted by Crippen LogP contribution is 2.09. The largest absolute Gasteiger partial charge is 0.480 e. The van der Waals surface area contributed by atoms with Gasteiger partial charge in [-0.3, -0.25) is 4.79 Å². The van der Waals surface area contributed by atoms with Crippen LogP contribution in [0.5, 0.6) is 5.88 Å². The highest BCUT2D eigenvalue weighted by molar-refractivity contribution is 5.84. The van der Waals surface area contributed by atoms with E-state index in [1.54, 1.807) is 13.8 Å². The van der Waals surface area contributed by atoms with E-state index in [1.807, 2.05) is 0 Å². The number of carbonyl (C=O) groups excluding carboxylic acids is 1. The van der Waals surface area contributed by atoms with Crippen molar-refractivity contribution in [3.63, 3.8) is 0 Å². The lowest BCUT2D eigenvalue weighted by molar-refractivity contribution is -0.142. The number of amides is 1. The van der Waals surface area contributed by atoms with Crippen molar-refractivity contribution in [2.45, 2.75) is 26.3 Å². The summed E-state index contributed by atoms with van der Waals surface area (Å²) < 4.78 is 9.74. The predicted molar refractivity (Wildman–Crippen MR) is 56.6 cm³/mol. The summed E-state index contributed by atoms with van der Waals surface area (Å²) in [6, 6.07) is 0.632. The number of aromatic nitrogens is 1. The summed E-state index contributed by atoms with van der Waals surface area (Å²) in [5, 5.41) is 14.6. The van der Waals surface area contributed by atoms with Crippen LogP contribution in [0.4, 0.5) is 0 Å². The first-order valence-corrected chi connectivity index (χ1v) is 5.11. The van der Waals surface area contributed by atoms with Crippen molar-refractivity contribution in [3.8, 4) is 5.88 Å². The average molecular weight is 242 g/mol. The van der Waals surface area contributed by atoms with E-state index >= 15 is 0 Å². The number of aliphatic carboxylic acids is 1. The van der Waals surface area contributed by atoms with Crippen LogP contribution in [-0.4, -0.2) is 34.8 Å². The summed E-state index contributed by atoms with van der Waals surface area (Å²) in [7, 11) is 0. The molecule has 0 aliphatic carbocycles. The molecule has 2 N–H and O–H groups in total. The second kappa shape index (κ2) is 5.88. The third-order valence-electron chi connectivity index (χ3n) is 2.00. The Morgan fingerprint density at radius 3 is 2.82 bits per heavy atom. The van der Waals surface area contributed by atoms with E-state index in [2.05, 4.69) is 10.5 Å². The van der Waals surface area contributed by atoms with Gasteiger partial charge in [-0.15, -0.1) is 0 Å².